The summed E-state index contributed by atoms with van der Waals surface area (Å²) in [5, 5.41) is 0. The lowest BCUT2D eigenvalue weighted by Gasteiger charge is -2.25. The lowest BCUT2D eigenvalue weighted by atomic mass is 10.2. The molecule has 1 unspecified atom stereocenters. The number of para-hydroxylation sites is 3. The molecule has 2 aromatic rings. The van der Waals surface area contributed by atoms with Crippen LogP contribution in [0.25, 0.3) is 0 Å². The summed E-state index contributed by atoms with van der Waals surface area (Å²) in [5.41, 5.74) is 1.36. The number of quaternary nitrogens is 1. The minimum absolute atomic E-state index is 0.413. The number of nitrogens with zero attached hydrogens (tertiary/aromatic N) is 2. The van der Waals surface area contributed by atoms with Crippen molar-refractivity contribution in [2.45, 2.75) is 0 Å². The number of hydrogen-bond acceptors (Lipinski definition) is 3. The van der Waals surface area contributed by atoms with Crippen LogP contribution in [-0.2, 0) is 10.3 Å². The molecule has 0 spiro atoms. The van der Waals surface area contributed by atoms with Gasteiger partial charge < -0.3 is 0 Å². The van der Waals surface area contributed by atoms with Gasteiger partial charge in [-0.05, 0) is 6.07 Å². The van der Waals surface area contributed by atoms with Crippen LogP contribution in [0.1, 0.15) is 0 Å². The molecule has 0 fully saturated rings. The van der Waals surface area contributed by atoms with E-state index in [2.05, 4.69) is 4.99 Å². The molecule has 1 atom stereocenters. The highest BCUT2D eigenvalue weighted by atomic mass is 32.2. The molecule has 0 aliphatic carbocycles. The molecule has 5 nitrogen and oxygen atoms in total. The second-order valence-corrected chi connectivity index (χ2v) is 5.65. The highest BCUT2D eigenvalue weighted by Gasteiger charge is 2.49. The van der Waals surface area contributed by atoms with E-state index in [1.54, 1.807) is 54.6 Å². The largest absolute Gasteiger partial charge is 0.448 e. The molecule has 0 radical (unpaired) electrons. The maximum absolute atomic E-state index is 12.0. The average molecular weight is 275 g/mol. The smallest absolute Gasteiger partial charge is 0.240 e. The van der Waals surface area contributed by atoms with Crippen LogP contribution in [0, 0.1) is 0 Å². The van der Waals surface area contributed by atoms with Crippen LogP contribution in [-0.4, -0.2) is 19.3 Å². The van der Waals surface area contributed by atoms with Crippen LogP contribution in [0.15, 0.2) is 59.6 Å². The monoisotopic (exact) mass is 275 g/mol. The van der Waals surface area contributed by atoms with Crippen molar-refractivity contribution in [1.29, 1.82) is 0 Å². The summed E-state index contributed by atoms with van der Waals surface area (Å²) in [7, 11) is -4.44. The van der Waals surface area contributed by atoms with Crippen molar-refractivity contribution < 1.29 is 13.0 Å². The quantitative estimate of drug-likeness (QED) is 0.677. The standard InChI is InChI=1S/C13H10N2O3S/c16-19(17,18)15(11-6-2-1-3-7-11)10-14-12-8-4-5-9-13(12)15/h1-10H/p+1. The van der Waals surface area contributed by atoms with Gasteiger partial charge in [-0.2, -0.15) is 4.99 Å². The molecule has 19 heavy (non-hydrogen) atoms. The second kappa shape index (κ2) is 3.99. The van der Waals surface area contributed by atoms with E-state index in [0.717, 1.165) is 0 Å². The van der Waals surface area contributed by atoms with Crippen LogP contribution in [0.4, 0.5) is 17.1 Å². The summed E-state index contributed by atoms with van der Waals surface area (Å²) < 4.78 is 32.8. The first-order chi connectivity index (χ1) is 9.06. The van der Waals surface area contributed by atoms with E-state index >= 15 is 0 Å². The van der Waals surface area contributed by atoms with E-state index in [1.807, 2.05) is 0 Å². The number of hydrogen-bond donors (Lipinski definition) is 1. The van der Waals surface area contributed by atoms with Gasteiger partial charge in [-0.3, -0.25) is 0 Å². The predicted molar refractivity (Wildman–Crippen MR) is 74.0 cm³/mol. The van der Waals surface area contributed by atoms with Crippen molar-refractivity contribution in [2.75, 3.05) is 0 Å². The molecule has 0 bridgehead atoms. The Bertz CT molecular complexity index is 756. The summed E-state index contributed by atoms with van der Waals surface area (Å²) in [6.45, 7) is 0. The first kappa shape index (κ1) is 12.0. The Labute approximate surface area is 110 Å². The van der Waals surface area contributed by atoms with Gasteiger partial charge in [0.05, 0.1) is 0 Å². The lowest BCUT2D eigenvalue weighted by molar-refractivity contribution is 0.451. The summed E-state index contributed by atoms with van der Waals surface area (Å²) in [6, 6.07) is 15.3. The van der Waals surface area contributed by atoms with E-state index in [-0.39, 0.29) is 0 Å². The zero-order valence-corrected chi connectivity index (χ0v) is 10.7. The van der Waals surface area contributed by atoms with Crippen LogP contribution >= 0.6 is 0 Å². The van der Waals surface area contributed by atoms with Crippen molar-refractivity contribution in [3.05, 3.63) is 54.6 Å². The van der Waals surface area contributed by atoms with Gasteiger partial charge in [-0.1, -0.05) is 34.2 Å². The Kier molecular flexibility index (Phi) is 2.53. The Morgan fingerprint density at radius 3 is 2.26 bits per heavy atom. The summed E-state index contributed by atoms with van der Waals surface area (Å²) in [6.07, 6.45) is 1.23. The van der Waals surface area contributed by atoms with Crippen molar-refractivity contribution in [3.63, 3.8) is 0 Å². The van der Waals surface area contributed by atoms with Gasteiger partial charge in [0.15, 0.2) is 11.4 Å². The molecule has 0 amide bonds. The van der Waals surface area contributed by atoms with E-state index in [4.69, 9.17) is 0 Å². The third-order valence-electron chi connectivity index (χ3n) is 3.10. The highest BCUT2D eigenvalue weighted by Crippen LogP contribution is 2.45. The SMILES string of the molecule is O=S(=O)(O)[N+]1(c2ccccc2)C=Nc2ccccc21. The average Bonchev–Trinajstić information content (AvgIpc) is 2.80. The molecule has 1 N–H and O–H groups in total. The van der Waals surface area contributed by atoms with Crippen molar-refractivity contribution in [1.82, 2.24) is 3.89 Å². The normalized spacial score (nSPS) is 21.3. The molecule has 6 heteroatoms. The maximum atomic E-state index is 12.0. The van der Waals surface area contributed by atoms with Crippen molar-refractivity contribution in [3.8, 4) is 0 Å². The van der Waals surface area contributed by atoms with Gasteiger partial charge in [0.25, 0.3) is 0 Å². The van der Waals surface area contributed by atoms with Gasteiger partial charge in [0, 0.05) is 18.2 Å². The second-order valence-electron chi connectivity index (χ2n) is 4.17. The van der Waals surface area contributed by atoms with Gasteiger partial charge in [-0.15, -0.1) is 8.42 Å². The van der Waals surface area contributed by atoms with Crippen molar-refractivity contribution >= 4 is 33.7 Å². The molecule has 0 saturated heterocycles. The van der Waals surface area contributed by atoms with Gasteiger partial charge in [0.2, 0.25) is 6.34 Å². The van der Waals surface area contributed by atoms with Gasteiger partial charge >= 0.3 is 10.3 Å². The van der Waals surface area contributed by atoms with Gasteiger partial charge in [-0.25, -0.2) is 4.55 Å². The van der Waals surface area contributed by atoms with Crippen LogP contribution in [0.5, 0.6) is 0 Å². The third kappa shape index (κ3) is 1.61. The highest BCUT2D eigenvalue weighted by molar-refractivity contribution is 7.86. The number of fused-ring (bicyclic) bond motifs is 1. The third-order valence-corrected chi connectivity index (χ3v) is 4.33. The zero-order valence-electron chi connectivity index (χ0n) is 9.84. The first-order valence-corrected chi connectivity index (χ1v) is 7.02. The summed E-state index contributed by atoms with van der Waals surface area (Å²) >= 11 is 0. The molecule has 3 rings (SSSR count). The molecular weight excluding hydrogens is 264 g/mol. The van der Waals surface area contributed by atoms with Gasteiger partial charge in [0.1, 0.15) is 5.69 Å². The molecule has 1 aliphatic heterocycles. The molecule has 0 aromatic heterocycles. The Balaban J connectivity index is 2.38. The fourth-order valence-electron chi connectivity index (χ4n) is 2.23. The molecular formula is C13H11N2O3S+. The van der Waals surface area contributed by atoms with Crippen LogP contribution in [0.3, 0.4) is 0 Å². The number of benzene rings is 2. The first-order valence-electron chi connectivity index (χ1n) is 5.62. The van der Waals surface area contributed by atoms with Crippen LogP contribution in [0.2, 0.25) is 0 Å². The summed E-state index contributed by atoms with van der Waals surface area (Å²) in [5.74, 6) is 0. The van der Waals surface area contributed by atoms with E-state index < -0.39 is 14.2 Å². The Morgan fingerprint density at radius 1 is 0.947 bits per heavy atom. The van der Waals surface area contributed by atoms with E-state index in [1.165, 1.54) is 6.34 Å². The predicted octanol–water partition coefficient (Wildman–Crippen LogP) is 2.80. The van der Waals surface area contributed by atoms with Crippen LogP contribution < -0.4 is 3.89 Å². The van der Waals surface area contributed by atoms with E-state index in [9.17, 15) is 13.0 Å². The fourth-order valence-corrected chi connectivity index (χ4v) is 3.19. The minimum atomic E-state index is -4.44. The molecule has 1 heterocycles. The number of rotatable bonds is 2. The Morgan fingerprint density at radius 2 is 1.58 bits per heavy atom. The lowest BCUT2D eigenvalue weighted by Crippen LogP contribution is -2.46. The number of aliphatic imine (C=N–C) groups is 1. The maximum Gasteiger partial charge on any atom is 0.448 e. The van der Waals surface area contributed by atoms with E-state index in [0.29, 0.717) is 17.1 Å². The molecule has 0 saturated carbocycles. The zero-order chi connectivity index (χ0) is 13.5. The Hall–Kier alpha value is -2.02. The minimum Gasteiger partial charge on any atom is -0.240 e. The van der Waals surface area contributed by atoms with Crippen molar-refractivity contribution in [2.24, 2.45) is 4.99 Å². The molecule has 96 valence electrons. The fraction of sp³-hybridized carbons (Fsp3) is 0. The summed E-state index contributed by atoms with van der Waals surface area (Å²) in [4.78, 5) is 4.10. The topological polar surface area (TPSA) is 66.7 Å². The molecule has 2 aromatic carbocycles. The molecule has 1 aliphatic rings.